The van der Waals surface area contributed by atoms with E-state index in [4.69, 9.17) is 9.47 Å². The number of rotatable bonds is 7. The lowest BCUT2D eigenvalue weighted by Gasteiger charge is -2.24. The van der Waals surface area contributed by atoms with Crippen molar-refractivity contribution in [1.82, 2.24) is 9.88 Å². The molecule has 5 nitrogen and oxygen atoms in total. The van der Waals surface area contributed by atoms with Crippen LogP contribution in [-0.2, 0) is 17.8 Å². The summed E-state index contributed by atoms with van der Waals surface area (Å²) in [6.07, 6.45) is 4.21. The number of benzene rings is 2. The molecule has 4 rings (SSSR count). The molecule has 0 bridgehead atoms. The number of amides is 1. The van der Waals surface area contributed by atoms with Crippen LogP contribution in [0.5, 0.6) is 11.5 Å². The highest BCUT2D eigenvalue weighted by molar-refractivity contribution is 5.87. The Labute approximate surface area is 164 Å². The molecular formula is C23H24N2O3. The van der Waals surface area contributed by atoms with Crippen molar-refractivity contribution in [2.75, 3.05) is 14.2 Å². The van der Waals surface area contributed by atoms with Crippen molar-refractivity contribution in [2.45, 2.75) is 31.8 Å². The fourth-order valence-corrected chi connectivity index (χ4v) is 3.57. The number of fused-ring (bicyclic) bond motifs is 1. The van der Waals surface area contributed by atoms with E-state index in [1.54, 1.807) is 20.4 Å². The first-order valence-electron chi connectivity index (χ1n) is 9.52. The largest absolute Gasteiger partial charge is 0.497 e. The Balaban J connectivity index is 1.59. The number of ether oxygens (including phenoxy) is 2. The van der Waals surface area contributed by atoms with E-state index in [1.807, 2.05) is 53.4 Å². The van der Waals surface area contributed by atoms with Crippen LogP contribution in [0.25, 0.3) is 10.9 Å². The van der Waals surface area contributed by atoms with Crippen molar-refractivity contribution in [2.24, 2.45) is 0 Å². The predicted molar refractivity (Wildman–Crippen MR) is 109 cm³/mol. The molecule has 0 atom stereocenters. The number of carbonyl (C=O) groups excluding carboxylic acids is 1. The fourth-order valence-electron chi connectivity index (χ4n) is 3.57. The van der Waals surface area contributed by atoms with Crippen LogP contribution >= 0.6 is 0 Å². The number of methoxy groups -OCH3 is 2. The molecule has 0 radical (unpaired) electrons. The van der Waals surface area contributed by atoms with Gasteiger partial charge in [-0.1, -0.05) is 24.3 Å². The quantitative estimate of drug-likeness (QED) is 0.626. The summed E-state index contributed by atoms with van der Waals surface area (Å²) >= 11 is 0. The summed E-state index contributed by atoms with van der Waals surface area (Å²) in [7, 11) is 3.29. The van der Waals surface area contributed by atoms with Gasteiger partial charge in [-0.15, -0.1) is 0 Å². The van der Waals surface area contributed by atoms with Gasteiger partial charge < -0.3 is 14.4 Å². The highest BCUT2D eigenvalue weighted by Gasteiger charge is 2.33. The number of carbonyl (C=O) groups is 1. The topological polar surface area (TPSA) is 51.7 Å². The van der Waals surface area contributed by atoms with Crippen LogP contribution in [0.2, 0.25) is 0 Å². The van der Waals surface area contributed by atoms with Gasteiger partial charge in [-0.25, -0.2) is 0 Å². The second-order valence-electron chi connectivity index (χ2n) is 7.10. The Morgan fingerprint density at radius 2 is 1.89 bits per heavy atom. The summed E-state index contributed by atoms with van der Waals surface area (Å²) in [5.74, 6) is 1.65. The molecule has 0 N–H and O–H groups in total. The van der Waals surface area contributed by atoms with Crippen molar-refractivity contribution < 1.29 is 14.3 Å². The first-order valence-corrected chi connectivity index (χ1v) is 9.52. The lowest BCUT2D eigenvalue weighted by Crippen LogP contribution is -2.34. The summed E-state index contributed by atoms with van der Waals surface area (Å²) in [5, 5.41) is 1.06. The molecule has 3 aromatic rings. The van der Waals surface area contributed by atoms with Gasteiger partial charge >= 0.3 is 0 Å². The third kappa shape index (κ3) is 3.79. The summed E-state index contributed by atoms with van der Waals surface area (Å²) in [6, 6.07) is 15.9. The molecule has 1 aliphatic rings. The van der Waals surface area contributed by atoms with Crippen molar-refractivity contribution in [1.29, 1.82) is 0 Å². The molecule has 1 aromatic heterocycles. The van der Waals surface area contributed by atoms with Gasteiger partial charge in [0.05, 0.1) is 26.2 Å². The van der Waals surface area contributed by atoms with Crippen LogP contribution in [0.4, 0.5) is 0 Å². The monoisotopic (exact) mass is 376 g/mol. The Morgan fingerprint density at radius 3 is 2.64 bits per heavy atom. The molecule has 1 heterocycles. The van der Waals surface area contributed by atoms with Crippen LogP contribution in [-0.4, -0.2) is 36.1 Å². The number of aromatic nitrogens is 1. The predicted octanol–water partition coefficient (Wildman–Crippen LogP) is 3.99. The zero-order valence-corrected chi connectivity index (χ0v) is 16.2. The standard InChI is InChI=1S/C23H24N2O3/c1-27-20-10-11-21(28-2)18(13-20)15-25(19-8-9-19)22(26)14-17-6-3-5-16-7-4-12-24-23(16)17/h3-7,10-13,19H,8-9,14-15H2,1-2H3. The van der Waals surface area contributed by atoms with E-state index >= 15 is 0 Å². The van der Waals surface area contributed by atoms with E-state index in [2.05, 4.69) is 4.98 Å². The first-order chi connectivity index (χ1) is 13.7. The number of hydrogen-bond donors (Lipinski definition) is 0. The Morgan fingerprint density at radius 1 is 1.07 bits per heavy atom. The molecule has 5 heteroatoms. The zero-order chi connectivity index (χ0) is 19.5. The van der Waals surface area contributed by atoms with Gasteiger partial charge in [-0.3, -0.25) is 9.78 Å². The minimum atomic E-state index is 0.116. The highest BCUT2D eigenvalue weighted by Crippen LogP contribution is 2.32. The number of hydrogen-bond acceptors (Lipinski definition) is 4. The van der Waals surface area contributed by atoms with Crippen LogP contribution in [0.15, 0.2) is 54.7 Å². The van der Waals surface area contributed by atoms with E-state index in [-0.39, 0.29) is 5.91 Å². The smallest absolute Gasteiger partial charge is 0.227 e. The van der Waals surface area contributed by atoms with E-state index in [0.717, 1.165) is 46.4 Å². The van der Waals surface area contributed by atoms with Crippen LogP contribution in [0.1, 0.15) is 24.0 Å². The molecule has 0 aliphatic heterocycles. The molecule has 1 saturated carbocycles. The average Bonchev–Trinajstić information content (AvgIpc) is 3.57. The molecule has 1 amide bonds. The summed E-state index contributed by atoms with van der Waals surface area (Å²) in [6.45, 7) is 0.516. The fraction of sp³-hybridized carbons (Fsp3) is 0.304. The third-order valence-corrected chi connectivity index (χ3v) is 5.19. The molecule has 0 saturated heterocycles. The second kappa shape index (κ2) is 7.89. The lowest BCUT2D eigenvalue weighted by molar-refractivity contribution is -0.131. The number of para-hydroxylation sites is 1. The maximum absolute atomic E-state index is 13.2. The summed E-state index contributed by atoms with van der Waals surface area (Å²) in [4.78, 5) is 19.7. The highest BCUT2D eigenvalue weighted by atomic mass is 16.5. The maximum Gasteiger partial charge on any atom is 0.227 e. The SMILES string of the molecule is COc1ccc(OC)c(CN(C(=O)Cc2cccc3cccnc23)C2CC2)c1. The van der Waals surface area contributed by atoms with Crippen molar-refractivity contribution in [3.8, 4) is 11.5 Å². The van der Waals surface area contributed by atoms with Crippen molar-refractivity contribution in [3.63, 3.8) is 0 Å². The Kier molecular flexibility index (Phi) is 5.15. The van der Waals surface area contributed by atoms with Gasteiger partial charge in [0.2, 0.25) is 5.91 Å². The molecule has 1 fully saturated rings. The average molecular weight is 376 g/mol. The van der Waals surface area contributed by atoms with Crippen molar-refractivity contribution in [3.05, 3.63) is 65.9 Å². The Bertz CT molecular complexity index is 993. The van der Waals surface area contributed by atoms with Gasteiger partial charge in [0.15, 0.2) is 0 Å². The molecule has 0 unspecified atom stereocenters. The maximum atomic E-state index is 13.2. The molecule has 0 spiro atoms. The van der Waals surface area contributed by atoms with E-state index in [0.29, 0.717) is 19.0 Å². The van der Waals surface area contributed by atoms with Crippen LogP contribution in [0.3, 0.4) is 0 Å². The van der Waals surface area contributed by atoms with E-state index in [9.17, 15) is 4.79 Å². The minimum absolute atomic E-state index is 0.116. The van der Waals surface area contributed by atoms with Gasteiger partial charge in [0.1, 0.15) is 11.5 Å². The Hall–Kier alpha value is -3.08. The zero-order valence-electron chi connectivity index (χ0n) is 16.2. The molecule has 1 aliphatic carbocycles. The second-order valence-corrected chi connectivity index (χ2v) is 7.10. The number of pyridine rings is 1. The lowest BCUT2D eigenvalue weighted by atomic mass is 10.1. The molecular weight excluding hydrogens is 352 g/mol. The molecule has 144 valence electrons. The van der Waals surface area contributed by atoms with Crippen molar-refractivity contribution >= 4 is 16.8 Å². The van der Waals surface area contributed by atoms with E-state index in [1.165, 1.54) is 0 Å². The summed E-state index contributed by atoms with van der Waals surface area (Å²) in [5.41, 5.74) is 2.82. The van der Waals surface area contributed by atoms with Gasteiger partial charge in [0, 0.05) is 29.7 Å². The normalized spacial score (nSPS) is 13.4. The molecule has 28 heavy (non-hydrogen) atoms. The van der Waals surface area contributed by atoms with Crippen LogP contribution < -0.4 is 9.47 Å². The van der Waals surface area contributed by atoms with Crippen LogP contribution in [0, 0.1) is 0 Å². The third-order valence-electron chi connectivity index (χ3n) is 5.19. The minimum Gasteiger partial charge on any atom is -0.497 e. The number of nitrogens with zero attached hydrogens (tertiary/aromatic N) is 2. The van der Waals surface area contributed by atoms with Gasteiger partial charge in [-0.05, 0) is 42.7 Å². The molecule has 2 aromatic carbocycles. The van der Waals surface area contributed by atoms with Gasteiger partial charge in [-0.2, -0.15) is 0 Å². The van der Waals surface area contributed by atoms with Gasteiger partial charge in [0.25, 0.3) is 0 Å². The summed E-state index contributed by atoms with van der Waals surface area (Å²) < 4.78 is 10.8. The first kappa shape index (κ1) is 18.3. The van der Waals surface area contributed by atoms with E-state index < -0.39 is 0 Å².